The number of aryl methyl sites for hydroxylation is 2. The molecular weight excluding hydrogens is 430 g/mol. The molecule has 0 fully saturated rings. The minimum absolute atomic E-state index is 0.0215. The Labute approximate surface area is 199 Å². The topological polar surface area (TPSA) is 90.6 Å². The van der Waals surface area contributed by atoms with Crippen LogP contribution in [0.3, 0.4) is 0 Å². The molecule has 4 rings (SSSR count). The van der Waals surface area contributed by atoms with E-state index < -0.39 is 0 Å². The summed E-state index contributed by atoms with van der Waals surface area (Å²) in [5, 5.41) is 7.45. The highest BCUT2D eigenvalue weighted by Gasteiger charge is 2.18. The lowest BCUT2D eigenvalue weighted by molar-refractivity contribution is -0.121. The number of carbonyl (C=O) groups is 1. The molecular formula is C26H29N5O3. The zero-order valence-corrected chi connectivity index (χ0v) is 19.9. The quantitative estimate of drug-likeness (QED) is 0.410. The molecule has 1 amide bonds. The van der Waals surface area contributed by atoms with Gasteiger partial charge in [-0.05, 0) is 67.6 Å². The Bertz CT molecular complexity index is 1270. The Kier molecular flexibility index (Phi) is 7.06. The summed E-state index contributed by atoms with van der Waals surface area (Å²) in [6, 6.07) is 15.5. The van der Waals surface area contributed by atoms with Crippen LogP contribution in [0.5, 0.6) is 11.5 Å². The van der Waals surface area contributed by atoms with Crippen molar-refractivity contribution >= 4 is 11.7 Å². The monoisotopic (exact) mass is 459 g/mol. The molecule has 0 aliphatic rings. The van der Waals surface area contributed by atoms with E-state index in [0.717, 1.165) is 39.6 Å². The predicted molar refractivity (Wildman–Crippen MR) is 129 cm³/mol. The van der Waals surface area contributed by atoms with Gasteiger partial charge in [0.1, 0.15) is 17.8 Å². The highest BCUT2D eigenvalue weighted by atomic mass is 16.5. The van der Waals surface area contributed by atoms with Crippen LogP contribution in [0.1, 0.15) is 40.5 Å². The molecule has 8 heteroatoms. The van der Waals surface area contributed by atoms with Gasteiger partial charge in [0.15, 0.2) is 0 Å². The summed E-state index contributed by atoms with van der Waals surface area (Å²) in [7, 11) is 3.29. The van der Waals surface area contributed by atoms with E-state index in [9.17, 15) is 4.79 Å². The third-order valence-electron chi connectivity index (χ3n) is 6.04. The number of fused-ring (bicyclic) bond motifs is 1. The molecule has 0 saturated carbocycles. The zero-order chi connectivity index (χ0) is 24.1. The van der Waals surface area contributed by atoms with Crippen LogP contribution in [0.15, 0.2) is 54.9 Å². The summed E-state index contributed by atoms with van der Waals surface area (Å²) in [5.74, 6) is 2.13. The van der Waals surface area contributed by atoms with Crippen molar-refractivity contribution in [3.8, 4) is 11.5 Å². The lowest BCUT2D eigenvalue weighted by Crippen LogP contribution is -2.30. The van der Waals surface area contributed by atoms with Gasteiger partial charge in [-0.1, -0.05) is 24.3 Å². The van der Waals surface area contributed by atoms with Gasteiger partial charge >= 0.3 is 0 Å². The normalized spacial score (nSPS) is 11.9. The molecule has 0 bridgehead atoms. The third-order valence-corrected chi connectivity index (χ3v) is 6.04. The predicted octanol–water partition coefficient (Wildman–Crippen LogP) is 3.79. The average Bonchev–Trinajstić information content (AvgIpc) is 3.32. The summed E-state index contributed by atoms with van der Waals surface area (Å²) in [4.78, 5) is 21.7. The largest absolute Gasteiger partial charge is 0.497 e. The number of hydrogen-bond acceptors (Lipinski definition) is 6. The van der Waals surface area contributed by atoms with Crippen molar-refractivity contribution < 1.29 is 14.3 Å². The van der Waals surface area contributed by atoms with Gasteiger partial charge in [0.2, 0.25) is 5.91 Å². The first kappa shape index (κ1) is 23.2. The van der Waals surface area contributed by atoms with E-state index >= 15 is 0 Å². The Morgan fingerprint density at radius 1 is 1.00 bits per heavy atom. The minimum Gasteiger partial charge on any atom is -0.497 e. The second-order valence-electron chi connectivity index (χ2n) is 8.18. The molecule has 0 saturated heterocycles. The van der Waals surface area contributed by atoms with E-state index in [1.807, 2.05) is 62.4 Å². The molecule has 2 aromatic heterocycles. The number of ether oxygens (including phenoxy) is 2. The molecule has 34 heavy (non-hydrogen) atoms. The number of amides is 1. The van der Waals surface area contributed by atoms with Crippen molar-refractivity contribution in [3.05, 3.63) is 82.9 Å². The molecule has 8 nitrogen and oxygen atoms in total. The smallest absolute Gasteiger partial charge is 0.252 e. The van der Waals surface area contributed by atoms with Crippen LogP contribution in [0, 0.1) is 13.8 Å². The van der Waals surface area contributed by atoms with E-state index in [-0.39, 0.29) is 11.9 Å². The average molecular weight is 460 g/mol. The van der Waals surface area contributed by atoms with Gasteiger partial charge in [-0.2, -0.15) is 10.1 Å². The standard InChI is InChI=1S/C26H29N5O3/c1-17-23(18(2)31-26(29-17)27-16-28-31)13-14-25(32)30-24(20-7-11-22(34-4)12-8-20)15-19-5-9-21(33-3)10-6-19/h5-12,16,24H,13-15H2,1-4H3,(H,30,32). The molecule has 4 aromatic rings. The molecule has 2 aromatic carbocycles. The van der Waals surface area contributed by atoms with Gasteiger partial charge in [0, 0.05) is 17.8 Å². The Morgan fingerprint density at radius 3 is 2.29 bits per heavy atom. The van der Waals surface area contributed by atoms with Gasteiger partial charge < -0.3 is 14.8 Å². The second kappa shape index (κ2) is 10.3. The lowest BCUT2D eigenvalue weighted by atomic mass is 9.98. The number of nitrogens with zero attached hydrogens (tertiary/aromatic N) is 4. The number of rotatable bonds is 9. The highest BCUT2D eigenvalue weighted by Crippen LogP contribution is 2.23. The van der Waals surface area contributed by atoms with Crippen molar-refractivity contribution in [3.63, 3.8) is 0 Å². The van der Waals surface area contributed by atoms with E-state index in [0.29, 0.717) is 25.0 Å². The molecule has 176 valence electrons. The van der Waals surface area contributed by atoms with Gasteiger partial charge in [0.25, 0.3) is 5.78 Å². The molecule has 2 heterocycles. The van der Waals surface area contributed by atoms with Crippen LogP contribution in [-0.2, 0) is 17.6 Å². The SMILES string of the molecule is COc1ccc(CC(NC(=O)CCc2c(C)nc3ncnn3c2C)c2ccc(OC)cc2)cc1. The van der Waals surface area contributed by atoms with E-state index in [1.54, 1.807) is 18.7 Å². The Hall–Kier alpha value is -3.94. The van der Waals surface area contributed by atoms with E-state index in [2.05, 4.69) is 20.4 Å². The van der Waals surface area contributed by atoms with Crippen LogP contribution in [0.4, 0.5) is 0 Å². The van der Waals surface area contributed by atoms with Crippen molar-refractivity contribution in [1.29, 1.82) is 0 Å². The first-order valence-electron chi connectivity index (χ1n) is 11.2. The van der Waals surface area contributed by atoms with Crippen LogP contribution >= 0.6 is 0 Å². The fourth-order valence-electron chi connectivity index (χ4n) is 4.11. The third kappa shape index (κ3) is 5.17. The molecule has 1 unspecified atom stereocenters. The van der Waals surface area contributed by atoms with Crippen LogP contribution in [-0.4, -0.2) is 39.7 Å². The van der Waals surface area contributed by atoms with Crippen LogP contribution < -0.4 is 14.8 Å². The highest BCUT2D eigenvalue weighted by molar-refractivity contribution is 5.77. The summed E-state index contributed by atoms with van der Waals surface area (Å²) >= 11 is 0. The number of nitrogens with one attached hydrogen (secondary N) is 1. The van der Waals surface area contributed by atoms with Gasteiger partial charge in [-0.25, -0.2) is 9.50 Å². The van der Waals surface area contributed by atoms with Crippen molar-refractivity contribution in [1.82, 2.24) is 24.9 Å². The molecule has 1 atom stereocenters. The zero-order valence-electron chi connectivity index (χ0n) is 19.9. The molecule has 0 radical (unpaired) electrons. The summed E-state index contributed by atoms with van der Waals surface area (Å²) in [6.45, 7) is 3.92. The first-order valence-corrected chi connectivity index (χ1v) is 11.2. The van der Waals surface area contributed by atoms with Crippen LogP contribution in [0.25, 0.3) is 5.78 Å². The van der Waals surface area contributed by atoms with E-state index in [1.165, 1.54) is 6.33 Å². The summed E-state index contributed by atoms with van der Waals surface area (Å²) < 4.78 is 12.3. The number of carbonyl (C=O) groups excluding carboxylic acids is 1. The maximum Gasteiger partial charge on any atom is 0.252 e. The number of methoxy groups -OCH3 is 2. The van der Waals surface area contributed by atoms with Gasteiger partial charge in [-0.15, -0.1) is 0 Å². The van der Waals surface area contributed by atoms with Crippen molar-refractivity contribution in [2.75, 3.05) is 14.2 Å². The van der Waals surface area contributed by atoms with Crippen LogP contribution in [0.2, 0.25) is 0 Å². The molecule has 0 aliphatic heterocycles. The van der Waals surface area contributed by atoms with Crippen molar-refractivity contribution in [2.45, 2.75) is 39.2 Å². The fourth-order valence-corrected chi connectivity index (χ4v) is 4.11. The molecule has 0 aliphatic carbocycles. The number of hydrogen-bond donors (Lipinski definition) is 1. The number of benzene rings is 2. The second-order valence-corrected chi connectivity index (χ2v) is 8.18. The van der Waals surface area contributed by atoms with Gasteiger partial charge in [0.05, 0.1) is 20.3 Å². The first-order chi connectivity index (χ1) is 16.5. The van der Waals surface area contributed by atoms with Gasteiger partial charge in [-0.3, -0.25) is 4.79 Å². The minimum atomic E-state index is -0.176. The lowest BCUT2D eigenvalue weighted by Gasteiger charge is -2.20. The maximum atomic E-state index is 13.0. The molecule has 1 N–H and O–H groups in total. The maximum absolute atomic E-state index is 13.0. The van der Waals surface area contributed by atoms with E-state index in [4.69, 9.17) is 9.47 Å². The summed E-state index contributed by atoms with van der Waals surface area (Å²) in [5.41, 5.74) is 4.97. The number of aromatic nitrogens is 4. The Balaban J connectivity index is 1.50. The fraction of sp³-hybridized carbons (Fsp3) is 0.308. The summed E-state index contributed by atoms with van der Waals surface area (Å²) in [6.07, 6.45) is 3.07. The Morgan fingerprint density at radius 2 is 1.65 bits per heavy atom. The van der Waals surface area contributed by atoms with Crippen molar-refractivity contribution in [2.24, 2.45) is 0 Å². The molecule has 0 spiro atoms.